The van der Waals surface area contributed by atoms with Crippen LogP contribution in [0.3, 0.4) is 0 Å². The molecule has 1 aliphatic rings. The molecule has 0 saturated carbocycles. The van der Waals surface area contributed by atoms with Gasteiger partial charge in [0, 0.05) is 0 Å². The van der Waals surface area contributed by atoms with Gasteiger partial charge in [0.15, 0.2) is 11.6 Å². The number of aliphatic imine (C=N–C) groups is 1. The lowest BCUT2D eigenvalue weighted by Crippen LogP contribution is -1.97. The van der Waals surface area contributed by atoms with E-state index >= 15 is 0 Å². The van der Waals surface area contributed by atoms with E-state index in [1.807, 2.05) is 5.16 Å². The Morgan fingerprint density at radius 1 is 0.938 bits per heavy atom. The van der Waals surface area contributed by atoms with E-state index in [9.17, 15) is 8.78 Å². The number of nitrogens with zero attached hydrogens (tertiary/aromatic N) is 1. The molecule has 0 amide bonds. The number of allylic oxidation sites excluding steroid dienone is 1. The second-order valence-corrected chi connectivity index (χ2v) is 8.58. The predicted octanol–water partition coefficient (Wildman–Crippen LogP) is 8.20. The molecule has 0 atom stereocenters. The molecule has 0 heterocycles. The Kier molecular flexibility index (Phi) is 6.74. The minimum atomic E-state index is -0.711. The summed E-state index contributed by atoms with van der Waals surface area (Å²) >= 11 is 4.45. The van der Waals surface area contributed by atoms with E-state index in [1.165, 1.54) is 57.5 Å². The summed E-state index contributed by atoms with van der Waals surface area (Å²) in [5.74, 6) is -1.42. The van der Waals surface area contributed by atoms with E-state index in [0.29, 0.717) is 18.4 Å². The first-order valence-corrected chi connectivity index (χ1v) is 11.4. The van der Waals surface area contributed by atoms with Crippen LogP contribution in [-0.4, -0.2) is 5.16 Å². The zero-order valence-corrected chi connectivity index (χ0v) is 19.2. The van der Waals surface area contributed by atoms with E-state index in [1.54, 1.807) is 0 Å². The smallest absolute Gasteiger partial charge is 0.152 e. The second-order valence-electron chi connectivity index (χ2n) is 8.40. The maximum atomic E-state index is 14.1. The predicted molar refractivity (Wildman–Crippen MR) is 132 cm³/mol. The number of aryl methyl sites for hydroxylation is 3. The van der Waals surface area contributed by atoms with Gasteiger partial charge >= 0.3 is 0 Å². The van der Waals surface area contributed by atoms with Crippen molar-refractivity contribution < 1.29 is 8.78 Å². The van der Waals surface area contributed by atoms with Gasteiger partial charge in [0.25, 0.3) is 0 Å². The summed E-state index contributed by atoms with van der Waals surface area (Å²) < 4.78 is 28.2. The second kappa shape index (κ2) is 9.68. The van der Waals surface area contributed by atoms with Crippen molar-refractivity contribution in [1.82, 2.24) is 0 Å². The van der Waals surface area contributed by atoms with Gasteiger partial charge in [0.05, 0.1) is 5.16 Å². The third kappa shape index (κ3) is 4.77. The molecule has 0 bridgehead atoms. The molecule has 4 heteroatoms. The molecular formula is C28H25F2NS. The van der Waals surface area contributed by atoms with Crippen LogP contribution in [0.4, 0.5) is 14.5 Å². The molecule has 0 spiro atoms. The minimum Gasteiger partial charge on any atom is -0.204 e. The number of halogens is 2. The van der Waals surface area contributed by atoms with Crippen LogP contribution in [0.25, 0.3) is 17.2 Å². The lowest BCUT2D eigenvalue weighted by molar-refractivity contribution is 0.584. The highest BCUT2D eigenvalue weighted by Gasteiger charge is 2.14. The molecule has 32 heavy (non-hydrogen) atoms. The van der Waals surface area contributed by atoms with Gasteiger partial charge in [-0.25, -0.2) is 8.78 Å². The quantitative estimate of drug-likeness (QED) is 0.264. The van der Waals surface area contributed by atoms with Crippen LogP contribution in [-0.2, 0) is 19.3 Å². The number of isothiocyanates is 1. The van der Waals surface area contributed by atoms with Crippen LogP contribution in [0.2, 0.25) is 0 Å². The monoisotopic (exact) mass is 445 g/mol. The SMILES string of the molecule is CCCC1=Cc2ccc(-c3ccc(CCc4cc(F)c(N=C=S)c(F)c4)c(C)c3)cc2C1. The molecule has 3 aromatic rings. The highest BCUT2D eigenvalue weighted by Crippen LogP contribution is 2.32. The van der Waals surface area contributed by atoms with Crippen LogP contribution in [0.15, 0.2) is 59.1 Å². The van der Waals surface area contributed by atoms with Gasteiger partial charge in [0.1, 0.15) is 5.69 Å². The Morgan fingerprint density at radius 3 is 2.34 bits per heavy atom. The van der Waals surface area contributed by atoms with Gasteiger partial charge in [0.2, 0.25) is 0 Å². The molecule has 3 aromatic carbocycles. The van der Waals surface area contributed by atoms with Crippen molar-refractivity contribution in [1.29, 1.82) is 0 Å². The molecule has 0 aliphatic heterocycles. The molecule has 0 radical (unpaired) electrons. The lowest BCUT2D eigenvalue weighted by atomic mass is 9.94. The molecule has 4 rings (SSSR count). The molecular weight excluding hydrogens is 420 g/mol. The molecule has 1 aliphatic carbocycles. The molecule has 0 aromatic heterocycles. The van der Waals surface area contributed by atoms with Crippen molar-refractivity contribution in [2.45, 2.75) is 46.0 Å². The Morgan fingerprint density at radius 2 is 1.66 bits per heavy atom. The summed E-state index contributed by atoms with van der Waals surface area (Å²) in [6.07, 6.45) is 6.97. The van der Waals surface area contributed by atoms with E-state index in [-0.39, 0.29) is 5.69 Å². The Hall–Kier alpha value is -2.94. The first-order valence-electron chi connectivity index (χ1n) is 11.0. The normalized spacial score (nSPS) is 12.3. The molecule has 162 valence electrons. The average Bonchev–Trinajstić information content (AvgIpc) is 3.17. The first kappa shape index (κ1) is 22.3. The van der Waals surface area contributed by atoms with Gasteiger partial charge in [-0.15, -0.1) is 0 Å². The van der Waals surface area contributed by atoms with E-state index in [2.05, 4.69) is 73.5 Å². The Balaban J connectivity index is 1.48. The third-order valence-corrected chi connectivity index (χ3v) is 6.18. The van der Waals surface area contributed by atoms with Crippen molar-refractivity contribution in [2.24, 2.45) is 4.99 Å². The Labute approximate surface area is 193 Å². The summed E-state index contributed by atoms with van der Waals surface area (Å²) in [5.41, 5.74) is 9.24. The minimum absolute atomic E-state index is 0.379. The van der Waals surface area contributed by atoms with Gasteiger partial charge in [-0.05, 0) is 95.9 Å². The summed E-state index contributed by atoms with van der Waals surface area (Å²) in [6, 6.07) is 15.8. The van der Waals surface area contributed by atoms with Crippen LogP contribution in [0.1, 0.15) is 47.6 Å². The fourth-order valence-electron chi connectivity index (χ4n) is 4.43. The molecule has 0 N–H and O–H groups in total. The Bertz CT molecular complexity index is 1230. The lowest BCUT2D eigenvalue weighted by Gasteiger charge is -2.11. The average molecular weight is 446 g/mol. The van der Waals surface area contributed by atoms with Crippen molar-refractivity contribution in [2.75, 3.05) is 0 Å². The topological polar surface area (TPSA) is 12.4 Å². The van der Waals surface area contributed by atoms with Crippen LogP contribution >= 0.6 is 12.2 Å². The largest absolute Gasteiger partial charge is 0.204 e. The highest BCUT2D eigenvalue weighted by atomic mass is 32.1. The standard InChI is InChI=1S/C28H25F2NS/c1-3-4-19-12-23-9-10-24(16-25(23)13-19)22-8-7-21(18(2)11-22)6-5-20-14-26(29)28(31-17-32)27(30)15-20/h7-12,14-16H,3-6,13H2,1-2H3. The molecule has 1 nitrogen and oxygen atoms in total. The maximum Gasteiger partial charge on any atom is 0.152 e. The zero-order chi connectivity index (χ0) is 22.7. The number of fused-ring (bicyclic) bond motifs is 1. The van der Waals surface area contributed by atoms with Crippen LogP contribution < -0.4 is 0 Å². The van der Waals surface area contributed by atoms with Gasteiger partial charge in [-0.3, -0.25) is 0 Å². The van der Waals surface area contributed by atoms with Crippen molar-refractivity contribution in [3.8, 4) is 11.1 Å². The number of hydrogen-bond donors (Lipinski definition) is 0. The van der Waals surface area contributed by atoms with Crippen molar-refractivity contribution in [3.63, 3.8) is 0 Å². The van der Waals surface area contributed by atoms with Crippen LogP contribution in [0.5, 0.6) is 0 Å². The number of hydrogen-bond acceptors (Lipinski definition) is 2. The molecule has 0 fully saturated rings. The number of benzene rings is 3. The van der Waals surface area contributed by atoms with Gasteiger partial charge in [-0.2, -0.15) is 4.99 Å². The number of rotatable bonds is 7. The van der Waals surface area contributed by atoms with Gasteiger partial charge < -0.3 is 0 Å². The molecule has 0 saturated heterocycles. The fraction of sp³-hybridized carbons (Fsp3) is 0.250. The highest BCUT2D eigenvalue weighted by molar-refractivity contribution is 7.78. The molecule has 0 unspecified atom stereocenters. The van der Waals surface area contributed by atoms with E-state index < -0.39 is 11.6 Å². The maximum absolute atomic E-state index is 14.1. The van der Waals surface area contributed by atoms with Crippen molar-refractivity contribution in [3.05, 3.63) is 93.6 Å². The first-order chi connectivity index (χ1) is 15.5. The third-order valence-electron chi connectivity index (χ3n) is 6.08. The van der Waals surface area contributed by atoms with Crippen molar-refractivity contribution >= 4 is 29.1 Å². The van der Waals surface area contributed by atoms with E-state index in [0.717, 1.165) is 12.8 Å². The fourth-order valence-corrected chi connectivity index (χ4v) is 4.52. The van der Waals surface area contributed by atoms with Gasteiger partial charge in [-0.1, -0.05) is 61.4 Å². The summed E-state index contributed by atoms with van der Waals surface area (Å²) in [5, 5.41) is 2.02. The van der Waals surface area contributed by atoms with Crippen LogP contribution in [0, 0.1) is 18.6 Å². The summed E-state index contributed by atoms with van der Waals surface area (Å²) in [7, 11) is 0. The zero-order valence-electron chi connectivity index (χ0n) is 18.3. The summed E-state index contributed by atoms with van der Waals surface area (Å²) in [4.78, 5) is 3.46. The van der Waals surface area contributed by atoms with E-state index in [4.69, 9.17) is 0 Å². The number of thiocarbonyl (C=S) groups is 1. The summed E-state index contributed by atoms with van der Waals surface area (Å²) in [6.45, 7) is 4.31.